The molecular weight excluding hydrogens is 653 g/mol. The number of benzene rings is 8. The molecule has 0 aliphatic rings. The lowest BCUT2D eigenvalue weighted by Gasteiger charge is -2.26. The van der Waals surface area contributed by atoms with Crippen molar-refractivity contribution in [3.8, 4) is 11.1 Å². The van der Waals surface area contributed by atoms with E-state index in [4.69, 9.17) is 4.42 Å². The van der Waals surface area contributed by atoms with Crippen LogP contribution in [0.4, 0.5) is 34.1 Å². The van der Waals surface area contributed by atoms with Crippen molar-refractivity contribution in [1.82, 2.24) is 0 Å². The lowest BCUT2D eigenvalue weighted by molar-refractivity contribution is 0.669. The van der Waals surface area contributed by atoms with E-state index < -0.39 is 0 Å². The van der Waals surface area contributed by atoms with Gasteiger partial charge >= 0.3 is 0 Å². The van der Waals surface area contributed by atoms with Crippen molar-refractivity contribution in [2.24, 2.45) is 0 Å². The Balaban J connectivity index is 1.11. The van der Waals surface area contributed by atoms with E-state index in [-0.39, 0.29) is 0 Å². The van der Waals surface area contributed by atoms with Gasteiger partial charge in [0.05, 0.1) is 10.4 Å². The van der Waals surface area contributed by atoms with Gasteiger partial charge in [-0.15, -0.1) is 11.3 Å². The van der Waals surface area contributed by atoms with E-state index in [2.05, 4.69) is 192 Å². The van der Waals surface area contributed by atoms with Crippen LogP contribution in [0.15, 0.2) is 199 Å². The van der Waals surface area contributed by atoms with Crippen LogP contribution >= 0.6 is 11.3 Å². The van der Waals surface area contributed by atoms with E-state index >= 15 is 0 Å². The van der Waals surface area contributed by atoms with Crippen molar-refractivity contribution in [1.29, 1.82) is 0 Å². The number of hydrogen-bond acceptors (Lipinski definition) is 4. The molecule has 0 radical (unpaired) electrons. The quantitative estimate of drug-likeness (QED) is 0.167. The Bertz CT molecular complexity index is 2840. The number of thiophene rings is 1. The van der Waals surface area contributed by atoms with Crippen molar-refractivity contribution in [3.63, 3.8) is 0 Å². The summed E-state index contributed by atoms with van der Waals surface area (Å²) in [4.78, 5) is 4.70. The summed E-state index contributed by atoms with van der Waals surface area (Å²) in [7, 11) is 0. The third-order valence-electron chi connectivity index (χ3n) is 9.84. The highest BCUT2D eigenvalue weighted by Gasteiger charge is 2.20. The first-order valence-corrected chi connectivity index (χ1v) is 18.3. The largest absolute Gasteiger partial charge is 0.456 e. The van der Waals surface area contributed by atoms with Crippen LogP contribution in [0.25, 0.3) is 53.2 Å². The number of hydrogen-bond donors (Lipinski definition) is 0. The summed E-state index contributed by atoms with van der Waals surface area (Å²) in [6.45, 7) is 0. The summed E-state index contributed by atoms with van der Waals surface area (Å²) < 4.78 is 8.84. The molecule has 246 valence electrons. The van der Waals surface area contributed by atoms with Crippen molar-refractivity contribution in [3.05, 3.63) is 194 Å². The van der Waals surface area contributed by atoms with Crippen LogP contribution in [-0.2, 0) is 0 Å². The van der Waals surface area contributed by atoms with Gasteiger partial charge in [-0.25, -0.2) is 0 Å². The van der Waals surface area contributed by atoms with E-state index in [0.717, 1.165) is 56.1 Å². The molecule has 0 atom stereocenters. The molecule has 0 spiro atoms. The standard InChI is InChI=1S/C48H32N2OS/c1-4-13-33(14-5-1)34-23-25-37(26-24-34)50(36-17-8-3-9-18-36)44-21-12-20-42-43-31-38(28-30-47(43)52-48(42)44)49(35-15-6-2-7-16-35)39-27-29-41-40-19-10-11-22-45(40)51-46(41)32-39/h1-32H. The van der Waals surface area contributed by atoms with Gasteiger partial charge in [0.1, 0.15) is 11.2 Å². The van der Waals surface area contributed by atoms with E-state index in [1.807, 2.05) is 23.5 Å². The van der Waals surface area contributed by atoms with E-state index in [9.17, 15) is 0 Å². The average Bonchev–Trinajstić information content (AvgIpc) is 3.78. The number of anilines is 6. The molecule has 10 rings (SSSR count). The Labute approximate surface area is 305 Å². The first kappa shape index (κ1) is 30.2. The number of rotatable bonds is 7. The third kappa shape index (κ3) is 5.20. The Morgan fingerprint density at radius 3 is 1.67 bits per heavy atom. The zero-order valence-corrected chi connectivity index (χ0v) is 29.0. The number of furan rings is 1. The maximum absolute atomic E-state index is 6.34. The zero-order chi connectivity index (χ0) is 34.4. The Morgan fingerprint density at radius 1 is 0.346 bits per heavy atom. The SMILES string of the molecule is c1ccc(-c2ccc(N(c3ccccc3)c3cccc4c3sc3ccc(N(c5ccccc5)c5ccc6c(c5)oc5ccccc56)cc34)cc2)cc1. The second-order valence-corrected chi connectivity index (χ2v) is 14.0. The van der Waals surface area contributed by atoms with Gasteiger partial charge in [0.2, 0.25) is 0 Å². The molecule has 0 N–H and O–H groups in total. The molecule has 0 bridgehead atoms. The van der Waals surface area contributed by atoms with Gasteiger partial charge in [-0.05, 0) is 90.0 Å². The van der Waals surface area contributed by atoms with Crippen molar-refractivity contribution in [2.75, 3.05) is 9.80 Å². The van der Waals surface area contributed by atoms with Crippen molar-refractivity contribution in [2.45, 2.75) is 0 Å². The molecule has 10 aromatic rings. The monoisotopic (exact) mass is 684 g/mol. The lowest BCUT2D eigenvalue weighted by Crippen LogP contribution is -2.10. The minimum Gasteiger partial charge on any atom is -0.456 e. The molecule has 0 aliphatic heterocycles. The molecule has 8 aromatic carbocycles. The smallest absolute Gasteiger partial charge is 0.137 e. The number of para-hydroxylation sites is 3. The second-order valence-electron chi connectivity index (χ2n) is 13.0. The second kappa shape index (κ2) is 12.6. The van der Waals surface area contributed by atoms with Crippen LogP contribution in [0.2, 0.25) is 0 Å². The number of nitrogens with zero attached hydrogens (tertiary/aromatic N) is 2. The molecule has 2 heterocycles. The lowest BCUT2D eigenvalue weighted by atomic mass is 10.0. The van der Waals surface area contributed by atoms with Gasteiger partial charge in [-0.2, -0.15) is 0 Å². The minimum absolute atomic E-state index is 0.879. The molecule has 0 amide bonds. The molecular formula is C48H32N2OS. The Kier molecular flexibility index (Phi) is 7.33. The molecule has 3 nitrogen and oxygen atoms in total. The highest BCUT2D eigenvalue weighted by molar-refractivity contribution is 7.26. The fourth-order valence-corrected chi connectivity index (χ4v) is 8.59. The van der Waals surface area contributed by atoms with Gasteiger partial charge in [0, 0.05) is 60.7 Å². The van der Waals surface area contributed by atoms with Crippen LogP contribution in [-0.4, -0.2) is 0 Å². The van der Waals surface area contributed by atoms with Gasteiger partial charge in [0.15, 0.2) is 0 Å². The Morgan fingerprint density at radius 2 is 0.904 bits per heavy atom. The minimum atomic E-state index is 0.879. The third-order valence-corrected chi connectivity index (χ3v) is 11.0. The van der Waals surface area contributed by atoms with Gasteiger partial charge in [-0.3, -0.25) is 0 Å². The predicted molar refractivity (Wildman–Crippen MR) is 221 cm³/mol. The molecule has 0 aliphatic carbocycles. The topological polar surface area (TPSA) is 19.6 Å². The van der Waals surface area contributed by atoms with E-state index in [1.165, 1.54) is 31.3 Å². The molecule has 52 heavy (non-hydrogen) atoms. The highest BCUT2D eigenvalue weighted by atomic mass is 32.1. The molecule has 0 saturated carbocycles. The highest BCUT2D eigenvalue weighted by Crippen LogP contribution is 2.47. The van der Waals surface area contributed by atoms with Crippen molar-refractivity contribution >= 4 is 87.6 Å². The summed E-state index contributed by atoms with van der Waals surface area (Å²) in [5.41, 5.74) is 10.8. The molecule has 0 saturated heterocycles. The van der Waals surface area contributed by atoms with Crippen molar-refractivity contribution < 1.29 is 4.42 Å². The van der Waals surface area contributed by atoms with E-state index in [0.29, 0.717) is 0 Å². The van der Waals surface area contributed by atoms with Crippen LogP contribution in [0.1, 0.15) is 0 Å². The van der Waals surface area contributed by atoms with Gasteiger partial charge < -0.3 is 14.2 Å². The average molecular weight is 685 g/mol. The molecule has 0 fully saturated rings. The Hall–Kier alpha value is -6.62. The number of fused-ring (bicyclic) bond motifs is 6. The van der Waals surface area contributed by atoms with Crippen LogP contribution in [0.5, 0.6) is 0 Å². The van der Waals surface area contributed by atoms with Crippen LogP contribution < -0.4 is 9.80 Å². The molecule has 2 aromatic heterocycles. The fourth-order valence-electron chi connectivity index (χ4n) is 7.40. The maximum Gasteiger partial charge on any atom is 0.137 e. The summed E-state index contributed by atoms with van der Waals surface area (Å²) in [5, 5.41) is 4.73. The summed E-state index contributed by atoms with van der Waals surface area (Å²) in [6.07, 6.45) is 0. The summed E-state index contributed by atoms with van der Waals surface area (Å²) >= 11 is 1.85. The maximum atomic E-state index is 6.34. The van der Waals surface area contributed by atoms with Crippen LogP contribution in [0, 0.1) is 0 Å². The molecule has 4 heteroatoms. The first-order chi connectivity index (χ1) is 25.8. The fraction of sp³-hybridized carbons (Fsp3) is 0. The normalized spacial score (nSPS) is 11.5. The predicted octanol–water partition coefficient (Wildman–Crippen LogP) is 14.6. The zero-order valence-electron chi connectivity index (χ0n) is 28.2. The summed E-state index contributed by atoms with van der Waals surface area (Å²) in [5.74, 6) is 0. The van der Waals surface area contributed by atoms with Gasteiger partial charge in [-0.1, -0.05) is 109 Å². The summed E-state index contributed by atoms with van der Waals surface area (Å²) in [6, 6.07) is 69.1. The van der Waals surface area contributed by atoms with Crippen LogP contribution in [0.3, 0.4) is 0 Å². The van der Waals surface area contributed by atoms with Gasteiger partial charge in [0.25, 0.3) is 0 Å². The molecule has 0 unspecified atom stereocenters. The van der Waals surface area contributed by atoms with E-state index in [1.54, 1.807) is 0 Å². The first-order valence-electron chi connectivity index (χ1n) is 17.5.